The van der Waals surface area contributed by atoms with Gasteiger partial charge in [0.15, 0.2) is 5.00 Å². The Morgan fingerprint density at radius 1 is 1.22 bits per heavy atom. The standard InChI is InChI=1S/C25H30ClNO5/c1-14-15(2)22-19(16(3)21(14)28)9-11-24(4,32-22)13-31-18-7-5-17(6-8-18)20-10-12-27-25(20,26)23(29)30/h5-8,20,27-28H,9-13H2,1-4H3,(H,29,30). The van der Waals surface area contributed by atoms with E-state index in [4.69, 9.17) is 21.1 Å². The van der Waals surface area contributed by atoms with Crippen molar-refractivity contribution in [1.82, 2.24) is 5.32 Å². The molecule has 2 aromatic carbocycles. The molecule has 3 atom stereocenters. The van der Waals surface area contributed by atoms with Crippen LogP contribution in [0.3, 0.4) is 0 Å². The highest BCUT2D eigenvalue weighted by molar-refractivity contribution is 6.34. The second-order valence-corrected chi connectivity index (χ2v) is 9.82. The van der Waals surface area contributed by atoms with Gasteiger partial charge in [0, 0.05) is 11.5 Å². The molecule has 0 aliphatic carbocycles. The highest BCUT2D eigenvalue weighted by Crippen LogP contribution is 2.43. The van der Waals surface area contributed by atoms with Crippen molar-refractivity contribution in [2.45, 2.75) is 63.5 Å². The molecule has 2 aliphatic heterocycles. The van der Waals surface area contributed by atoms with Gasteiger partial charge in [-0.3, -0.25) is 5.32 Å². The molecule has 0 radical (unpaired) electrons. The number of carboxylic acids is 1. The number of ether oxygens (including phenoxy) is 2. The van der Waals surface area contributed by atoms with Gasteiger partial charge in [-0.2, -0.15) is 0 Å². The number of hydrogen-bond acceptors (Lipinski definition) is 5. The van der Waals surface area contributed by atoms with E-state index in [1.807, 2.05) is 52.0 Å². The van der Waals surface area contributed by atoms with Gasteiger partial charge in [-0.05, 0) is 87.9 Å². The Bertz CT molecular complexity index is 1050. The smallest absolute Gasteiger partial charge is 0.340 e. The fraction of sp³-hybridized carbons (Fsp3) is 0.480. The Hall–Kier alpha value is -2.44. The number of phenolic OH excluding ortho intramolecular Hbond substituents is 1. The number of benzene rings is 2. The summed E-state index contributed by atoms with van der Waals surface area (Å²) >= 11 is 6.34. The van der Waals surface area contributed by atoms with Crippen molar-refractivity contribution in [1.29, 1.82) is 0 Å². The average molecular weight is 460 g/mol. The van der Waals surface area contributed by atoms with Gasteiger partial charge in [0.25, 0.3) is 0 Å². The lowest BCUT2D eigenvalue weighted by Crippen LogP contribution is -2.45. The molecule has 0 amide bonds. The molecule has 3 unspecified atom stereocenters. The van der Waals surface area contributed by atoms with E-state index in [-0.39, 0.29) is 5.92 Å². The zero-order valence-electron chi connectivity index (χ0n) is 18.9. The molecule has 2 heterocycles. The topological polar surface area (TPSA) is 88.0 Å². The first-order chi connectivity index (χ1) is 15.1. The summed E-state index contributed by atoms with van der Waals surface area (Å²) in [6, 6.07) is 7.47. The lowest BCUT2D eigenvalue weighted by Gasteiger charge is -2.37. The normalized spacial score (nSPS) is 27.0. The van der Waals surface area contributed by atoms with E-state index < -0.39 is 16.6 Å². The van der Waals surface area contributed by atoms with Gasteiger partial charge in [0.05, 0.1) is 0 Å². The first-order valence-corrected chi connectivity index (χ1v) is 11.3. The minimum Gasteiger partial charge on any atom is -0.507 e. The number of fused-ring (bicyclic) bond motifs is 1. The van der Waals surface area contributed by atoms with Crippen LogP contribution in [-0.4, -0.2) is 39.9 Å². The van der Waals surface area contributed by atoms with Crippen molar-refractivity contribution in [3.05, 3.63) is 52.1 Å². The summed E-state index contributed by atoms with van der Waals surface area (Å²) in [4.78, 5) is 10.1. The highest BCUT2D eigenvalue weighted by atomic mass is 35.5. The third-order valence-corrected chi connectivity index (χ3v) is 7.58. The number of phenols is 1. The van der Waals surface area contributed by atoms with Crippen molar-refractivity contribution >= 4 is 17.6 Å². The van der Waals surface area contributed by atoms with Gasteiger partial charge in [-0.15, -0.1) is 0 Å². The van der Waals surface area contributed by atoms with Crippen LogP contribution in [-0.2, 0) is 11.2 Å². The molecule has 7 heteroatoms. The van der Waals surface area contributed by atoms with Gasteiger partial charge in [0.1, 0.15) is 29.5 Å². The van der Waals surface area contributed by atoms with Crippen LogP contribution in [0.1, 0.15) is 53.5 Å². The molecule has 0 spiro atoms. The summed E-state index contributed by atoms with van der Waals surface area (Å²) in [6.07, 6.45) is 2.26. The van der Waals surface area contributed by atoms with E-state index in [9.17, 15) is 15.0 Å². The molecule has 2 aliphatic rings. The Labute approximate surface area is 193 Å². The molecule has 2 aromatic rings. The molecule has 6 nitrogen and oxygen atoms in total. The molecule has 0 bridgehead atoms. The number of carboxylic acid groups (broad SMARTS) is 1. The van der Waals surface area contributed by atoms with E-state index in [0.717, 1.165) is 46.4 Å². The third kappa shape index (κ3) is 3.80. The molecule has 1 fully saturated rings. The van der Waals surface area contributed by atoms with Crippen LogP contribution in [0.4, 0.5) is 0 Å². The number of carbonyl (C=O) groups is 1. The molecular weight excluding hydrogens is 430 g/mol. The molecular formula is C25H30ClNO5. The summed E-state index contributed by atoms with van der Waals surface area (Å²) in [5.74, 6) is 0.536. The maximum atomic E-state index is 11.6. The summed E-state index contributed by atoms with van der Waals surface area (Å²) in [5.41, 5.74) is 4.15. The molecule has 3 N–H and O–H groups in total. The van der Waals surface area contributed by atoms with Crippen LogP contribution in [0.25, 0.3) is 0 Å². The van der Waals surface area contributed by atoms with Gasteiger partial charge >= 0.3 is 5.97 Å². The van der Waals surface area contributed by atoms with Gasteiger partial charge in [-0.25, -0.2) is 4.79 Å². The van der Waals surface area contributed by atoms with Crippen molar-refractivity contribution in [2.24, 2.45) is 0 Å². The zero-order valence-corrected chi connectivity index (χ0v) is 19.7. The summed E-state index contributed by atoms with van der Waals surface area (Å²) < 4.78 is 12.5. The maximum Gasteiger partial charge on any atom is 0.340 e. The van der Waals surface area contributed by atoms with E-state index in [1.165, 1.54) is 0 Å². The minimum absolute atomic E-state index is 0.308. The second kappa shape index (κ2) is 8.16. The minimum atomic E-state index is -1.47. The van der Waals surface area contributed by atoms with Crippen molar-refractivity contribution in [2.75, 3.05) is 13.2 Å². The Morgan fingerprint density at radius 3 is 2.56 bits per heavy atom. The number of aliphatic carboxylic acids is 1. The van der Waals surface area contributed by atoms with E-state index in [0.29, 0.717) is 31.1 Å². The van der Waals surface area contributed by atoms with Gasteiger partial charge in [-0.1, -0.05) is 23.7 Å². The van der Waals surface area contributed by atoms with Gasteiger partial charge in [0.2, 0.25) is 0 Å². The molecule has 0 aromatic heterocycles. The SMILES string of the molecule is Cc1c(C)c2c(c(C)c1O)CCC(C)(COc1ccc(C3CCNC3(Cl)C(=O)O)cc1)O2. The average Bonchev–Trinajstić information content (AvgIpc) is 3.18. The second-order valence-electron chi connectivity index (χ2n) is 9.23. The van der Waals surface area contributed by atoms with Crippen LogP contribution in [0.15, 0.2) is 24.3 Å². The zero-order chi connectivity index (χ0) is 23.3. The first-order valence-electron chi connectivity index (χ1n) is 11.0. The van der Waals surface area contributed by atoms with Crippen molar-refractivity contribution < 1.29 is 24.5 Å². The van der Waals surface area contributed by atoms with E-state index in [2.05, 4.69) is 5.32 Å². The maximum absolute atomic E-state index is 11.6. The first kappa shape index (κ1) is 22.7. The predicted octanol–water partition coefficient (Wildman–Crippen LogP) is 4.58. The predicted molar refractivity (Wildman–Crippen MR) is 123 cm³/mol. The Kier molecular flexibility index (Phi) is 5.80. The Balaban J connectivity index is 1.46. The van der Waals surface area contributed by atoms with Crippen LogP contribution in [0, 0.1) is 20.8 Å². The van der Waals surface area contributed by atoms with Crippen LogP contribution >= 0.6 is 11.6 Å². The van der Waals surface area contributed by atoms with E-state index in [1.54, 1.807) is 0 Å². The third-order valence-electron chi connectivity index (χ3n) is 7.03. The van der Waals surface area contributed by atoms with Crippen LogP contribution in [0.5, 0.6) is 17.2 Å². The molecule has 4 rings (SSSR count). The number of halogens is 1. The summed E-state index contributed by atoms with van der Waals surface area (Å²) in [7, 11) is 0. The van der Waals surface area contributed by atoms with Crippen molar-refractivity contribution in [3.63, 3.8) is 0 Å². The number of hydrogen-bond donors (Lipinski definition) is 3. The lowest BCUT2D eigenvalue weighted by molar-refractivity contribution is -0.141. The Morgan fingerprint density at radius 2 is 1.91 bits per heavy atom. The number of nitrogens with one attached hydrogen (secondary N) is 1. The molecule has 32 heavy (non-hydrogen) atoms. The number of aromatic hydroxyl groups is 1. The van der Waals surface area contributed by atoms with Crippen LogP contribution in [0.2, 0.25) is 0 Å². The van der Waals surface area contributed by atoms with Crippen LogP contribution < -0.4 is 14.8 Å². The molecule has 0 saturated carbocycles. The highest BCUT2D eigenvalue weighted by Gasteiger charge is 2.48. The van der Waals surface area contributed by atoms with Gasteiger partial charge < -0.3 is 19.7 Å². The van der Waals surface area contributed by atoms with Crippen molar-refractivity contribution in [3.8, 4) is 17.2 Å². The monoisotopic (exact) mass is 459 g/mol. The fourth-order valence-electron chi connectivity index (χ4n) is 4.77. The lowest BCUT2D eigenvalue weighted by atomic mass is 9.87. The fourth-order valence-corrected chi connectivity index (χ4v) is 5.10. The quantitative estimate of drug-likeness (QED) is 0.448. The number of rotatable bonds is 5. The number of alkyl halides is 1. The summed E-state index contributed by atoms with van der Waals surface area (Å²) in [5, 5.41) is 22.8. The molecule has 1 saturated heterocycles. The summed E-state index contributed by atoms with van der Waals surface area (Å²) in [6.45, 7) is 8.80. The molecule has 172 valence electrons. The van der Waals surface area contributed by atoms with E-state index >= 15 is 0 Å². The largest absolute Gasteiger partial charge is 0.507 e.